The van der Waals surface area contributed by atoms with Crippen LogP contribution in [0.15, 0.2) is 4.99 Å². The molecule has 0 saturated heterocycles. The number of hydrogen-bond donors (Lipinski definition) is 2. The Morgan fingerprint density at radius 1 is 1.26 bits per heavy atom. The van der Waals surface area contributed by atoms with E-state index >= 15 is 0 Å². The van der Waals surface area contributed by atoms with Crippen LogP contribution in [0.25, 0.3) is 0 Å². The van der Waals surface area contributed by atoms with Crippen LogP contribution in [0, 0.1) is 0 Å². The molecule has 5 nitrogen and oxygen atoms in total. The summed E-state index contributed by atoms with van der Waals surface area (Å²) in [5, 5.41) is 6.16. The number of hydrogen-bond acceptors (Lipinski definition) is 2. The molecule has 2 N–H and O–H groups in total. The monoisotopic (exact) mass is 338 g/mol. The Morgan fingerprint density at radius 2 is 1.91 bits per heavy atom. The molecule has 0 fully saturated rings. The van der Waals surface area contributed by atoms with Gasteiger partial charge in [0.15, 0.2) is 5.96 Å². The highest BCUT2D eigenvalue weighted by Gasteiger charge is 2.31. The van der Waals surface area contributed by atoms with Gasteiger partial charge in [-0.3, -0.25) is 4.79 Å². The van der Waals surface area contributed by atoms with Gasteiger partial charge in [0.1, 0.15) is 13.1 Å². The van der Waals surface area contributed by atoms with Crippen molar-refractivity contribution < 1.29 is 18.0 Å². The Morgan fingerprint density at radius 3 is 2.43 bits per heavy atom. The van der Waals surface area contributed by atoms with Crippen molar-refractivity contribution in [1.82, 2.24) is 15.5 Å². The fraction of sp³-hybridized carbons (Fsp3) is 0.867. The van der Waals surface area contributed by atoms with Crippen LogP contribution in [0.5, 0.6) is 0 Å². The number of likely N-dealkylation sites (N-methyl/N-ethyl adjacent to an activating group) is 1. The third-order valence-corrected chi connectivity index (χ3v) is 3.18. The van der Waals surface area contributed by atoms with Crippen molar-refractivity contribution in [3.8, 4) is 0 Å². The van der Waals surface area contributed by atoms with Crippen LogP contribution in [-0.4, -0.2) is 55.7 Å². The summed E-state index contributed by atoms with van der Waals surface area (Å²) < 4.78 is 36.8. The van der Waals surface area contributed by atoms with Crippen molar-refractivity contribution in [3.63, 3.8) is 0 Å². The van der Waals surface area contributed by atoms with Gasteiger partial charge in [-0.15, -0.1) is 0 Å². The first kappa shape index (κ1) is 21.5. The maximum atomic E-state index is 12.3. The molecular weight excluding hydrogens is 309 g/mol. The first-order valence-electron chi connectivity index (χ1n) is 8.05. The Balaban J connectivity index is 4.46. The van der Waals surface area contributed by atoms with Crippen LogP contribution in [-0.2, 0) is 4.79 Å². The average Bonchev–Trinajstić information content (AvgIpc) is 2.43. The maximum Gasteiger partial charge on any atom is 0.406 e. The molecule has 0 aliphatic rings. The molecule has 0 aromatic rings. The van der Waals surface area contributed by atoms with Crippen LogP contribution in [0.4, 0.5) is 13.2 Å². The number of nitrogens with one attached hydrogen (secondary N) is 2. The van der Waals surface area contributed by atoms with E-state index in [9.17, 15) is 18.0 Å². The number of halogens is 3. The number of alkyl halides is 3. The van der Waals surface area contributed by atoms with Crippen LogP contribution >= 0.6 is 0 Å². The van der Waals surface area contributed by atoms with Gasteiger partial charge in [-0.1, -0.05) is 26.2 Å². The number of carbonyl (C=O) groups excluding carboxylic acids is 1. The largest absolute Gasteiger partial charge is 0.406 e. The quantitative estimate of drug-likeness (QED) is 0.386. The lowest BCUT2D eigenvalue weighted by Gasteiger charge is -2.20. The van der Waals surface area contributed by atoms with Gasteiger partial charge < -0.3 is 15.5 Å². The Bertz CT molecular complexity index is 372. The zero-order valence-electron chi connectivity index (χ0n) is 14.5. The molecule has 136 valence electrons. The van der Waals surface area contributed by atoms with Crippen LogP contribution < -0.4 is 10.6 Å². The van der Waals surface area contributed by atoms with E-state index in [0.29, 0.717) is 17.4 Å². The van der Waals surface area contributed by atoms with Crippen molar-refractivity contribution in [2.24, 2.45) is 4.99 Å². The highest BCUT2D eigenvalue weighted by atomic mass is 19.4. The fourth-order valence-electron chi connectivity index (χ4n) is 1.95. The SMILES string of the molecule is CCCCCC(C)NC(=NCC(=O)N(C)CC(F)(F)F)NCC. The van der Waals surface area contributed by atoms with E-state index in [1.165, 1.54) is 0 Å². The molecular formula is C15H29F3N4O. The van der Waals surface area contributed by atoms with Gasteiger partial charge in [-0.05, 0) is 20.3 Å². The van der Waals surface area contributed by atoms with Gasteiger partial charge in [0.05, 0.1) is 0 Å². The van der Waals surface area contributed by atoms with Crippen molar-refractivity contribution in [3.05, 3.63) is 0 Å². The third-order valence-electron chi connectivity index (χ3n) is 3.18. The number of guanidine groups is 1. The van der Waals surface area contributed by atoms with Crippen molar-refractivity contribution in [2.75, 3.05) is 26.7 Å². The summed E-state index contributed by atoms with van der Waals surface area (Å²) in [7, 11) is 1.12. The van der Waals surface area contributed by atoms with Gasteiger partial charge in [0, 0.05) is 19.6 Å². The lowest BCUT2D eigenvalue weighted by Crippen LogP contribution is -2.43. The summed E-state index contributed by atoms with van der Waals surface area (Å²) in [6.45, 7) is 5.06. The number of amides is 1. The van der Waals surface area contributed by atoms with E-state index in [1.54, 1.807) is 0 Å². The molecule has 0 heterocycles. The molecule has 0 bridgehead atoms. The minimum atomic E-state index is -4.40. The molecule has 0 saturated carbocycles. The van der Waals surface area contributed by atoms with Crippen LogP contribution in [0.2, 0.25) is 0 Å². The number of aliphatic imine (C=N–C) groups is 1. The van der Waals surface area contributed by atoms with E-state index in [4.69, 9.17) is 0 Å². The van der Waals surface area contributed by atoms with Gasteiger partial charge >= 0.3 is 6.18 Å². The summed E-state index contributed by atoms with van der Waals surface area (Å²) in [5.41, 5.74) is 0. The van der Waals surface area contributed by atoms with Crippen molar-refractivity contribution in [1.29, 1.82) is 0 Å². The standard InChI is InChI=1S/C15H29F3N4O/c1-5-7-8-9-12(3)21-14(19-6-2)20-10-13(23)22(4)11-15(16,17)18/h12H,5-11H2,1-4H3,(H2,19,20,21). The molecule has 1 atom stereocenters. The average molecular weight is 338 g/mol. The van der Waals surface area contributed by atoms with Crippen LogP contribution in [0.1, 0.15) is 46.5 Å². The molecule has 0 aliphatic heterocycles. The summed E-state index contributed by atoms with van der Waals surface area (Å²) in [6.07, 6.45) is -0.0382. The fourth-order valence-corrected chi connectivity index (χ4v) is 1.95. The molecule has 1 unspecified atom stereocenters. The number of unbranched alkanes of at least 4 members (excludes halogenated alkanes) is 2. The second kappa shape index (κ2) is 11.1. The van der Waals surface area contributed by atoms with E-state index < -0.39 is 18.6 Å². The van der Waals surface area contributed by atoms with Gasteiger partial charge in [0.25, 0.3) is 0 Å². The van der Waals surface area contributed by atoms with E-state index in [1.807, 2.05) is 13.8 Å². The number of nitrogens with zero attached hydrogens (tertiary/aromatic N) is 2. The molecule has 1 amide bonds. The van der Waals surface area contributed by atoms with E-state index in [-0.39, 0.29) is 12.6 Å². The lowest BCUT2D eigenvalue weighted by molar-refractivity contribution is -0.157. The number of rotatable bonds is 9. The van der Waals surface area contributed by atoms with E-state index in [0.717, 1.165) is 32.7 Å². The Kier molecular flexibility index (Phi) is 10.4. The van der Waals surface area contributed by atoms with Gasteiger partial charge in [-0.25, -0.2) is 4.99 Å². The zero-order chi connectivity index (χ0) is 17.9. The predicted molar refractivity (Wildman–Crippen MR) is 86.4 cm³/mol. The normalized spacial score (nSPS) is 13.6. The van der Waals surface area contributed by atoms with E-state index in [2.05, 4.69) is 22.5 Å². The third kappa shape index (κ3) is 11.7. The summed E-state index contributed by atoms with van der Waals surface area (Å²) in [4.78, 5) is 16.4. The minimum Gasteiger partial charge on any atom is -0.357 e. The summed E-state index contributed by atoms with van der Waals surface area (Å²) in [6, 6.07) is 0.183. The molecule has 8 heteroatoms. The molecule has 0 aliphatic carbocycles. The molecule has 0 aromatic carbocycles. The first-order valence-corrected chi connectivity index (χ1v) is 8.05. The minimum absolute atomic E-state index is 0.183. The molecule has 23 heavy (non-hydrogen) atoms. The van der Waals surface area contributed by atoms with Crippen LogP contribution in [0.3, 0.4) is 0 Å². The second-order valence-corrected chi connectivity index (χ2v) is 5.60. The molecule has 0 radical (unpaired) electrons. The second-order valence-electron chi connectivity index (χ2n) is 5.60. The smallest absolute Gasteiger partial charge is 0.357 e. The van der Waals surface area contributed by atoms with Crippen molar-refractivity contribution >= 4 is 11.9 Å². The Labute approximate surface area is 136 Å². The lowest BCUT2D eigenvalue weighted by atomic mass is 10.1. The summed E-state index contributed by atoms with van der Waals surface area (Å²) >= 11 is 0. The Hall–Kier alpha value is -1.47. The van der Waals surface area contributed by atoms with Gasteiger partial charge in [0.2, 0.25) is 5.91 Å². The maximum absolute atomic E-state index is 12.3. The summed E-state index contributed by atoms with van der Waals surface area (Å²) in [5.74, 6) is -0.219. The predicted octanol–water partition coefficient (Wildman–Crippen LogP) is 2.53. The zero-order valence-corrected chi connectivity index (χ0v) is 14.5. The highest BCUT2D eigenvalue weighted by molar-refractivity contribution is 5.85. The molecule has 0 spiro atoms. The topological polar surface area (TPSA) is 56.7 Å². The molecule has 0 aromatic heterocycles. The molecule has 0 rings (SSSR count). The first-order chi connectivity index (χ1) is 10.7. The van der Waals surface area contributed by atoms with Crippen molar-refractivity contribution in [2.45, 2.75) is 58.7 Å². The highest BCUT2D eigenvalue weighted by Crippen LogP contribution is 2.15. The van der Waals surface area contributed by atoms with Gasteiger partial charge in [-0.2, -0.15) is 13.2 Å². The number of carbonyl (C=O) groups is 1.